The average Bonchev–Trinajstić information content (AvgIpc) is 2.38. The number of hydrogen-bond donors (Lipinski definition) is 1. The van der Waals surface area contributed by atoms with Crippen LogP contribution in [0.3, 0.4) is 0 Å². The minimum atomic E-state index is -1.40. The van der Waals surface area contributed by atoms with Gasteiger partial charge >= 0.3 is 0 Å². The predicted octanol–water partition coefficient (Wildman–Crippen LogP) is 2.63. The van der Waals surface area contributed by atoms with Crippen molar-refractivity contribution in [3.63, 3.8) is 0 Å². The molecule has 1 amide bonds. The van der Waals surface area contributed by atoms with Crippen molar-refractivity contribution in [2.45, 2.75) is 38.5 Å². The number of amides is 1. The second-order valence-electron chi connectivity index (χ2n) is 5.65. The number of halogens is 1. The van der Waals surface area contributed by atoms with Crippen LogP contribution in [0.1, 0.15) is 38.3 Å². The van der Waals surface area contributed by atoms with Gasteiger partial charge in [0.1, 0.15) is 0 Å². The van der Waals surface area contributed by atoms with E-state index < -0.39 is 5.79 Å². The Hall–Kier alpha value is -1.42. The van der Waals surface area contributed by atoms with Crippen LogP contribution < -0.4 is 5.73 Å². The number of rotatable bonds is 3. The molecule has 1 aliphatic heterocycles. The second-order valence-corrected chi connectivity index (χ2v) is 5.65. The first-order valence-electron chi connectivity index (χ1n) is 6.69. The number of hydrogen-bond acceptors (Lipinski definition) is 2. The molecule has 2 unspecified atom stereocenters. The van der Waals surface area contributed by atoms with Gasteiger partial charge in [-0.2, -0.15) is 0 Å². The minimum absolute atomic E-state index is 0.0903. The Labute approximate surface area is 113 Å². The largest absolute Gasteiger partial charge is 0.369 e. The molecule has 1 aliphatic rings. The highest BCUT2D eigenvalue weighted by molar-refractivity contribution is 5.76. The molecular weight excluding hydrogens is 243 g/mol. The smallest absolute Gasteiger partial charge is 0.220 e. The van der Waals surface area contributed by atoms with Crippen LogP contribution in [0.25, 0.3) is 0 Å². The quantitative estimate of drug-likeness (QED) is 0.853. The number of carbonyl (C=O) groups excluding carboxylic acids is 1. The van der Waals surface area contributed by atoms with Crippen molar-refractivity contribution in [2.75, 3.05) is 6.54 Å². The lowest BCUT2D eigenvalue weighted by molar-refractivity contribution is -0.127. The van der Waals surface area contributed by atoms with Crippen molar-refractivity contribution in [3.05, 3.63) is 35.9 Å². The summed E-state index contributed by atoms with van der Waals surface area (Å²) in [5, 5.41) is 0. The molecule has 2 rings (SSSR count). The van der Waals surface area contributed by atoms with E-state index in [1.165, 1.54) is 0 Å². The Kier molecular flexibility index (Phi) is 3.90. The molecular formula is C15H21FN2O. The number of nitrogens with two attached hydrogens (primary N) is 1. The van der Waals surface area contributed by atoms with E-state index in [1.54, 1.807) is 13.8 Å². The van der Waals surface area contributed by atoms with E-state index in [4.69, 9.17) is 5.73 Å². The predicted molar refractivity (Wildman–Crippen MR) is 73.0 cm³/mol. The molecule has 4 heteroatoms. The Morgan fingerprint density at radius 1 is 1.37 bits per heavy atom. The molecule has 0 aromatic heterocycles. The molecule has 1 saturated heterocycles. The third-order valence-corrected chi connectivity index (χ3v) is 3.87. The number of piperidine rings is 1. The molecule has 2 atom stereocenters. The van der Waals surface area contributed by atoms with E-state index in [0.717, 1.165) is 5.56 Å². The van der Waals surface area contributed by atoms with Gasteiger partial charge in [-0.05, 0) is 32.3 Å². The Balaban J connectivity index is 2.28. The van der Waals surface area contributed by atoms with E-state index in [2.05, 4.69) is 0 Å². The van der Waals surface area contributed by atoms with Gasteiger partial charge in [0.15, 0.2) is 5.79 Å². The zero-order chi connectivity index (χ0) is 14.0. The van der Waals surface area contributed by atoms with Crippen molar-refractivity contribution in [1.82, 2.24) is 4.90 Å². The number of alkyl halides is 1. The first-order valence-corrected chi connectivity index (χ1v) is 6.69. The van der Waals surface area contributed by atoms with E-state index in [-0.39, 0.29) is 17.9 Å². The highest BCUT2D eigenvalue weighted by Crippen LogP contribution is 2.38. The maximum Gasteiger partial charge on any atom is 0.220 e. The number of likely N-dealkylation sites (tertiary alicyclic amines) is 1. The summed E-state index contributed by atoms with van der Waals surface area (Å²) in [4.78, 5) is 13.2. The highest BCUT2D eigenvalue weighted by Gasteiger charge is 2.39. The molecule has 19 heavy (non-hydrogen) atoms. The Bertz CT molecular complexity index is 441. The van der Waals surface area contributed by atoms with Crippen LogP contribution in [-0.2, 0) is 4.79 Å². The van der Waals surface area contributed by atoms with E-state index in [1.807, 2.05) is 35.2 Å². The van der Waals surface area contributed by atoms with Crippen molar-refractivity contribution in [2.24, 2.45) is 11.7 Å². The second kappa shape index (κ2) is 5.29. The molecule has 3 nitrogen and oxygen atoms in total. The molecule has 0 aliphatic carbocycles. The molecule has 1 fully saturated rings. The fourth-order valence-corrected chi connectivity index (χ4v) is 2.85. The van der Waals surface area contributed by atoms with Gasteiger partial charge in [0.05, 0.1) is 0 Å². The first kappa shape index (κ1) is 14.0. The van der Waals surface area contributed by atoms with Crippen molar-refractivity contribution in [1.29, 1.82) is 0 Å². The van der Waals surface area contributed by atoms with Gasteiger partial charge in [0.25, 0.3) is 0 Å². The van der Waals surface area contributed by atoms with Crippen LogP contribution in [0.2, 0.25) is 0 Å². The van der Waals surface area contributed by atoms with Gasteiger partial charge in [-0.15, -0.1) is 0 Å². The topological polar surface area (TPSA) is 46.3 Å². The first-order chi connectivity index (χ1) is 8.89. The lowest BCUT2D eigenvalue weighted by atomic mass is 9.85. The normalized spacial score (nSPS) is 25.2. The standard InChI is InChI=1S/C15H21FN2O/c1-15(2,16)18-9-8-12(14(17)19)10-13(18)11-6-4-3-5-7-11/h3-7,12-13H,8-10H2,1-2H3,(H2,17,19). The summed E-state index contributed by atoms with van der Waals surface area (Å²) in [5.74, 6) is -1.84. The summed E-state index contributed by atoms with van der Waals surface area (Å²) in [6, 6.07) is 9.68. The fourth-order valence-electron chi connectivity index (χ4n) is 2.85. The van der Waals surface area contributed by atoms with Crippen molar-refractivity contribution >= 4 is 5.91 Å². The van der Waals surface area contributed by atoms with E-state index in [9.17, 15) is 9.18 Å². The summed E-state index contributed by atoms with van der Waals surface area (Å²) in [6.07, 6.45) is 1.22. The lowest BCUT2D eigenvalue weighted by Gasteiger charge is -2.44. The zero-order valence-electron chi connectivity index (χ0n) is 11.5. The van der Waals surface area contributed by atoms with E-state index in [0.29, 0.717) is 19.4 Å². The van der Waals surface area contributed by atoms with Gasteiger partial charge in [0, 0.05) is 18.5 Å². The summed E-state index contributed by atoms with van der Waals surface area (Å²) in [6.45, 7) is 3.68. The third kappa shape index (κ3) is 3.13. The van der Waals surface area contributed by atoms with Crippen LogP contribution in [-0.4, -0.2) is 23.1 Å². The van der Waals surface area contributed by atoms with Crippen molar-refractivity contribution < 1.29 is 9.18 Å². The molecule has 0 saturated carbocycles. The molecule has 0 radical (unpaired) electrons. The molecule has 1 aromatic rings. The van der Waals surface area contributed by atoms with Gasteiger partial charge in [-0.3, -0.25) is 9.69 Å². The summed E-state index contributed by atoms with van der Waals surface area (Å²) < 4.78 is 14.3. The summed E-state index contributed by atoms with van der Waals surface area (Å²) >= 11 is 0. The monoisotopic (exact) mass is 264 g/mol. The molecule has 1 heterocycles. The van der Waals surface area contributed by atoms with Crippen LogP contribution in [0, 0.1) is 5.92 Å². The third-order valence-electron chi connectivity index (χ3n) is 3.87. The number of carbonyl (C=O) groups is 1. The zero-order valence-corrected chi connectivity index (χ0v) is 11.5. The molecule has 104 valence electrons. The molecule has 1 aromatic carbocycles. The lowest BCUT2D eigenvalue weighted by Crippen LogP contribution is -2.49. The maximum atomic E-state index is 14.3. The van der Waals surface area contributed by atoms with Gasteiger partial charge < -0.3 is 5.73 Å². The Morgan fingerprint density at radius 3 is 2.53 bits per heavy atom. The van der Waals surface area contributed by atoms with E-state index >= 15 is 0 Å². The summed E-state index contributed by atoms with van der Waals surface area (Å²) in [5.41, 5.74) is 6.45. The Morgan fingerprint density at radius 2 is 2.00 bits per heavy atom. The average molecular weight is 264 g/mol. The van der Waals surface area contributed by atoms with Crippen LogP contribution in [0.5, 0.6) is 0 Å². The fraction of sp³-hybridized carbons (Fsp3) is 0.533. The maximum absolute atomic E-state index is 14.3. The SMILES string of the molecule is CC(C)(F)N1CCC(C(N)=O)CC1c1ccccc1. The molecule has 0 bridgehead atoms. The van der Waals surface area contributed by atoms with Crippen LogP contribution in [0.4, 0.5) is 4.39 Å². The van der Waals surface area contributed by atoms with Crippen LogP contribution in [0.15, 0.2) is 30.3 Å². The van der Waals surface area contributed by atoms with Gasteiger partial charge in [-0.1, -0.05) is 30.3 Å². The van der Waals surface area contributed by atoms with Gasteiger partial charge in [-0.25, -0.2) is 4.39 Å². The number of primary amides is 1. The number of benzene rings is 1. The highest BCUT2D eigenvalue weighted by atomic mass is 19.1. The summed E-state index contributed by atoms with van der Waals surface area (Å²) in [7, 11) is 0. The molecule has 0 spiro atoms. The van der Waals surface area contributed by atoms with Crippen molar-refractivity contribution in [3.8, 4) is 0 Å². The minimum Gasteiger partial charge on any atom is -0.369 e. The van der Waals surface area contributed by atoms with Crippen LogP contribution >= 0.6 is 0 Å². The number of nitrogens with zero attached hydrogens (tertiary/aromatic N) is 1. The van der Waals surface area contributed by atoms with Gasteiger partial charge in [0.2, 0.25) is 5.91 Å². The molecule has 2 N–H and O–H groups in total.